The zero-order chi connectivity index (χ0) is 25.0. The molecule has 2 aromatic heterocycles. The molecule has 3 aromatic rings. The Morgan fingerprint density at radius 2 is 2.00 bits per heavy atom. The van der Waals surface area contributed by atoms with Crippen molar-refractivity contribution in [2.24, 2.45) is 5.73 Å². The topological polar surface area (TPSA) is 102 Å². The summed E-state index contributed by atoms with van der Waals surface area (Å²) < 4.78 is 13.2. The third-order valence-corrected chi connectivity index (χ3v) is 6.48. The van der Waals surface area contributed by atoms with Crippen molar-refractivity contribution in [2.45, 2.75) is 24.6 Å². The molecule has 0 radical (unpaired) electrons. The Labute approximate surface area is 206 Å². The van der Waals surface area contributed by atoms with Crippen LogP contribution in [-0.2, 0) is 16.1 Å². The Morgan fingerprint density at radius 1 is 1.20 bits per heavy atom. The molecule has 9 nitrogen and oxygen atoms in total. The van der Waals surface area contributed by atoms with Crippen molar-refractivity contribution in [3.8, 4) is 5.82 Å². The van der Waals surface area contributed by atoms with Crippen molar-refractivity contribution in [3.05, 3.63) is 71.9 Å². The number of para-hydroxylation sites is 1. The standard InChI is InChI=1S/C26H35N7O2/c1-28-26(11-13-32(2)3)15-22(35-5)20(14-23(26)27)30-25-29-12-10-24(31-25)33-16-18(17-34-4)19-8-6-7-9-21(19)33/h6-10,12,14-16,23,28H,11,13,17,27H2,1-5H3,(H,29,30,31). The summed E-state index contributed by atoms with van der Waals surface area (Å²) in [5, 5.41) is 7.86. The lowest BCUT2D eigenvalue weighted by atomic mass is 9.82. The van der Waals surface area contributed by atoms with Gasteiger partial charge in [-0.15, -0.1) is 0 Å². The van der Waals surface area contributed by atoms with Crippen molar-refractivity contribution in [1.82, 2.24) is 24.8 Å². The number of aromatic nitrogens is 3. The summed E-state index contributed by atoms with van der Waals surface area (Å²) >= 11 is 0. The van der Waals surface area contributed by atoms with Gasteiger partial charge in [-0.2, -0.15) is 4.98 Å². The number of ether oxygens (including phenoxy) is 2. The Bertz CT molecular complexity index is 1230. The number of nitrogens with one attached hydrogen (secondary N) is 2. The van der Waals surface area contributed by atoms with Crippen LogP contribution in [0.3, 0.4) is 0 Å². The maximum Gasteiger partial charge on any atom is 0.229 e. The number of nitrogens with zero attached hydrogens (tertiary/aromatic N) is 4. The molecule has 2 heterocycles. The molecule has 1 aliphatic carbocycles. The van der Waals surface area contributed by atoms with E-state index in [-0.39, 0.29) is 6.04 Å². The molecule has 0 amide bonds. The summed E-state index contributed by atoms with van der Waals surface area (Å²) in [7, 11) is 9.39. The monoisotopic (exact) mass is 477 g/mol. The van der Waals surface area contributed by atoms with Gasteiger partial charge < -0.3 is 35.3 Å². The normalized spacial score (nSPS) is 20.1. The van der Waals surface area contributed by atoms with E-state index in [4.69, 9.17) is 20.2 Å². The third kappa shape index (κ3) is 5.08. The number of hydrogen-bond donors (Lipinski definition) is 3. The molecule has 186 valence electrons. The highest BCUT2D eigenvalue weighted by Gasteiger charge is 2.37. The Balaban J connectivity index is 1.64. The fourth-order valence-electron chi connectivity index (χ4n) is 4.48. The number of benzene rings is 1. The van der Waals surface area contributed by atoms with Crippen molar-refractivity contribution in [2.75, 3.05) is 47.2 Å². The zero-order valence-electron chi connectivity index (χ0n) is 21.1. The second kappa shape index (κ2) is 10.6. The van der Waals surface area contributed by atoms with E-state index in [9.17, 15) is 0 Å². The first kappa shape index (κ1) is 24.9. The van der Waals surface area contributed by atoms with E-state index in [0.717, 1.165) is 40.9 Å². The summed E-state index contributed by atoms with van der Waals surface area (Å²) in [4.78, 5) is 11.4. The Hall–Kier alpha value is -3.24. The van der Waals surface area contributed by atoms with E-state index in [1.54, 1.807) is 20.4 Å². The summed E-state index contributed by atoms with van der Waals surface area (Å²) in [6, 6.07) is 9.83. The number of nitrogens with two attached hydrogens (primary N) is 1. The first-order valence-corrected chi connectivity index (χ1v) is 11.7. The molecule has 0 saturated heterocycles. The van der Waals surface area contributed by atoms with E-state index in [0.29, 0.717) is 18.3 Å². The summed E-state index contributed by atoms with van der Waals surface area (Å²) in [6.07, 6.45) is 8.67. The number of rotatable bonds is 10. The predicted molar refractivity (Wildman–Crippen MR) is 139 cm³/mol. The second-order valence-electron chi connectivity index (χ2n) is 9.00. The second-order valence-corrected chi connectivity index (χ2v) is 9.00. The van der Waals surface area contributed by atoms with Gasteiger partial charge in [0.15, 0.2) is 0 Å². The number of anilines is 1. The maximum absolute atomic E-state index is 6.63. The van der Waals surface area contributed by atoms with E-state index in [1.807, 2.05) is 31.3 Å². The number of hydrogen-bond acceptors (Lipinski definition) is 8. The Morgan fingerprint density at radius 3 is 2.71 bits per heavy atom. The van der Waals surface area contributed by atoms with Crippen LogP contribution in [0.25, 0.3) is 16.7 Å². The molecule has 4 rings (SSSR count). The first-order chi connectivity index (χ1) is 16.9. The molecular formula is C26H35N7O2. The average molecular weight is 478 g/mol. The van der Waals surface area contributed by atoms with Crippen LogP contribution in [0.1, 0.15) is 12.0 Å². The van der Waals surface area contributed by atoms with Gasteiger partial charge in [0.05, 0.1) is 30.5 Å². The minimum atomic E-state index is -0.411. The zero-order valence-corrected chi connectivity index (χ0v) is 21.1. The third-order valence-electron chi connectivity index (χ3n) is 6.48. The maximum atomic E-state index is 6.63. The van der Waals surface area contributed by atoms with Gasteiger partial charge in [0.2, 0.25) is 5.95 Å². The lowest BCUT2D eigenvalue weighted by Gasteiger charge is -2.39. The van der Waals surface area contributed by atoms with Gasteiger partial charge in [0.1, 0.15) is 11.6 Å². The average Bonchev–Trinajstić information content (AvgIpc) is 3.23. The van der Waals surface area contributed by atoms with Crippen LogP contribution in [0.4, 0.5) is 5.95 Å². The van der Waals surface area contributed by atoms with Crippen molar-refractivity contribution >= 4 is 16.9 Å². The van der Waals surface area contributed by atoms with Crippen LogP contribution >= 0.6 is 0 Å². The lowest BCUT2D eigenvalue weighted by molar-refractivity contribution is 0.186. The molecule has 1 aromatic carbocycles. The molecule has 4 N–H and O–H groups in total. The van der Waals surface area contributed by atoms with Crippen molar-refractivity contribution < 1.29 is 9.47 Å². The van der Waals surface area contributed by atoms with Gasteiger partial charge >= 0.3 is 0 Å². The van der Waals surface area contributed by atoms with Crippen LogP contribution in [0.5, 0.6) is 0 Å². The molecule has 0 bridgehead atoms. The highest BCUT2D eigenvalue weighted by atomic mass is 16.5. The Kier molecular flexibility index (Phi) is 7.51. The summed E-state index contributed by atoms with van der Waals surface area (Å²) in [5.74, 6) is 1.91. The molecule has 0 saturated carbocycles. The fraction of sp³-hybridized carbons (Fsp3) is 0.385. The summed E-state index contributed by atoms with van der Waals surface area (Å²) in [6.45, 7) is 1.41. The first-order valence-electron chi connectivity index (χ1n) is 11.7. The van der Waals surface area contributed by atoms with E-state index >= 15 is 0 Å². The molecule has 35 heavy (non-hydrogen) atoms. The largest absolute Gasteiger partial charge is 0.495 e. The number of likely N-dealkylation sites (N-methyl/N-ethyl adjacent to an activating group) is 1. The number of fused-ring (bicyclic) bond motifs is 1. The lowest BCUT2D eigenvalue weighted by Crippen LogP contribution is -2.57. The van der Waals surface area contributed by atoms with Gasteiger partial charge in [-0.3, -0.25) is 0 Å². The van der Waals surface area contributed by atoms with Crippen LogP contribution in [-0.4, -0.2) is 72.9 Å². The van der Waals surface area contributed by atoms with Crippen molar-refractivity contribution in [3.63, 3.8) is 0 Å². The summed E-state index contributed by atoms with van der Waals surface area (Å²) in [5.41, 5.74) is 9.12. The predicted octanol–water partition coefficient (Wildman–Crippen LogP) is 2.64. The SMILES string of the molecule is CNC1(CCN(C)C)C=C(OC)C(Nc2nccc(-n3cc(COC)c4ccccc43)n2)=CC1N. The molecule has 2 unspecified atom stereocenters. The molecule has 1 aliphatic rings. The van der Waals surface area contributed by atoms with E-state index < -0.39 is 5.54 Å². The molecular weight excluding hydrogens is 442 g/mol. The molecule has 0 fully saturated rings. The van der Waals surface area contributed by atoms with Crippen LogP contribution in [0.2, 0.25) is 0 Å². The van der Waals surface area contributed by atoms with E-state index in [2.05, 4.69) is 63.6 Å². The number of methoxy groups -OCH3 is 2. The van der Waals surface area contributed by atoms with Crippen molar-refractivity contribution in [1.29, 1.82) is 0 Å². The molecule has 0 aliphatic heterocycles. The van der Waals surface area contributed by atoms with E-state index in [1.165, 1.54) is 0 Å². The minimum Gasteiger partial charge on any atom is -0.495 e. The molecule has 2 atom stereocenters. The highest BCUT2D eigenvalue weighted by Crippen LogP contribution is 2.30. The van der Waals surface area contributed by atoms with Gasteiger partial charge in [0.25, 0.3) is 0 Å². The van der Waals surface area contributed by atoms with Crippen LogP contribution in [0.15, 0.2) is 66.3 Å². The van der Waals surface area contributed by atoms with Gasteiger partial charge in [-0.1, -0.05) is 18.2 Å². The van der Waals surface area contributed by atoms with Crippen LogP contribution in [0, 0.1) is 0 Å². The van der Waals surface area contributed by atoms with Gasteiger partial charge in [-0.25, -0.2) is 4.98 Å². The quantitative estimate of drug-likeness (QED) is 0.410. The molecule has 0 spiro atoms. The fourth-order valence-corrected chi connectivity index (χ4v) is 4.48. The smallest absolute Gasteiger partial charge is 0.229 e. The van der Waals surface area contributed by atoms with Crippen LogP contribution < -0.4 is 16.4 Å². The van der Waals surface area contributed by atoms with Gasteiger partial charge in [0, 0.05) is 36.5 Å². The minimum absolute atomic E-state index is 0.262. The highest BCUT2D eigenvalue weighted by molar-refractivity contribution is 5.85. The molecule has 9 heteroatoms. The van der Waals surface area contributed by atoms with Gasteiger partial charge in [-0.05, 0) is 58.4 Å².